The average Bonchev–Trinajstić information content (AvgIpc) is 3.72. The molecule has 0 amide bonds. The highest BCUT2D eigenvalue weighted by Gasteiger charge is 2.36. The predicted molar refractivity (Wildman–Crippen MR) is 243 cm³/mol. The third-order valence-electron chi connectivity index (χ3n) is 13.0. The summed E-state index contributed by atoms with van der Waals surface area (Å²) in [6, 6.07) is 72.6. The second-order valence-electron chi connectivity index (χ2n) is 16.3. The van der Waals surface area contributed by atoms with Crippen molar-refractivity contribution in [3.05, 3.63) is 205 Å². The topological polar surface area (TPSA) is 0 Å². The third-order valence-corrected chi connectivity index (χ3v) is 13.0. The molecule has 2 aliphatic rings. The Bertz CT molecular complexity index is 3200. The quantitative estimate of drug-likeness (QED) is 0.159. The van der Waals surface area contributed by atoms with E-state index in [1.165, 1.54) is 121 Å². The molecule has 0 unspecified atom stereocenters. The van der Waals surface area contributed by atoms with Crippen molar-refractivity contribution in [2.75, 3.05) is 0 Å². The fourth-order valence-electron chi connectivity index (χ4n) is 10.5. The Kier molecular flexibility index (Phi) is 6.78. The summed E-state index contributed by atoms with van der Waals surface area (Å²) in [4.78, 5) is 0. The second kappa shape index (κ2) is 12.0. The van der Waals surface area contributed by atoms with Gasteiger partial charge >= 0.3 is 0 Å². The average molecular weight is 723 g/mol. The van der Waals surface area contributed by atoms with Gasteiger partial charge in [-0.05, 0) is 133 Å². The maximum Gasteiger partial charge on any atom is 0.0159 e. The van der Waals surface area contributed by atoms with Crippen LogP contribution in [-0.2, 0) is 5.41 Å². The van der Waals surface area contributed by atoms with E-state index < -0.39 is 0 Å². The minimum Gasteiger partial charge on any atom is -0.0622 e. The summed E-state index contributed by atoms with van der Waals surface area (Å²) in [7, 11) is 0. The lowest BCUT2D eigenvalue weighted by Crippen LogP contribution is -2.14. The Morgan fingerprint density at radius 2 is 0.737 bits per heavy atom. The highest BCUT2D eigenvalue weighted by Crippen LogP contribution is 2.58. The van der Waals surface area contributed by atoms with Crippen LogP contribution in [0.4, 0.5) is 0 Å². The molecule has 2 aliphatic carbocycles. The summed E-state index contributed by atoms with van der Waals surface area (Å²) in [5, 5.41) is 7.79. The van der Waals surface area contributed by atoms with Crippen molar-refractivity contribution in [2.45, 2.75) is 19.3 Å². The molecule has 12 rings (SSSR count). The Morgan fingerprint density at radius 3 is 1.40 bits per heavy atom. The summed E-state index contributed by atoms with van der Waals surface area (Å²) in [5.41, 5.74) is 20.8. The minimum absolute atomic E-state index is 0.111. The van der Waals surface area contributed by atoms with Crippen LogP contribution >= 0.6 is 0 Å². The molecule has 0 saturated carbocycles. The number of hydrogen-bond acceptors (Lipinski definition) is 0. The number of fused-ring (bicyclic) bond motifs is 8. The number of hydrogen-bond donors (Lipinski definition) is 0. The SMILES string of the molecule is CC1(C)c2ccccc2-c2cc3c(-c4ccc5c6c(cccc46)-c4c(-c6ccccc6)ccc(-c6ccccc6)c4-5)c4ccccc4c(-c4ccccc4)c3cc21. The van der Waals surface area contributed by atoms with Crippen LogP contribution in [0.1, 0.15) is 25.0 Å². The van der Waals surface area contributed by atoms with Crippen molar-refractivity contribution in [1.29, 1.82) is 0 Å². The van der Waals surface area contributed by atoms with Crippen LogP contribution in [0, 0.1) is 0 Å². The van der Waals surface area contributed by atoms with E-state index in [-0.39, 0.29) is 5.41 Å². The Morgan fingerprint density at radius 1 is 0.263 bits per heavy atom. The van der Waals surface area contributed by atoms with Crippen LogP contribution in [0.15, 0.2) is 194 Å². The molecule has 0 nitrogen and oxygen atoms in total. The lowest BCUT2D eigenvalue weighted by atomic mass is 9.79. The molecule has 0 N–H and O–H groups in total. The van der Waals surface area contributed by atoms with E-state index in [9.17, 15) is 0 Å². The molecular formula is C57H38. The van der Waals surface area contributed by atoms with Crippen LogP contribution in [0.5, 0.6) is 0 Å². The molecule has 57 heavy (non-hydrogen) atoms. The first-order valence-corrected chi connectivity index (χ1v) is 20.1. The zero-order valence-electron chi connectivity index (χ0n) is 32.0. The van der Waals surface area contributed by atoms with Gasteiger partial charge in [-0.15, -0.1) is 0 Å². The maximum atomic E-state index is 2.54. The van der Waals surface area contributed by atoms with Crippen molar-refractivity contribution >= 4 is 32.3 Å². The zero-order valence-corrected chi connectivity index (χ0v) is 32.0. The van der Waals surface area contributed by atoms with E-state index in [0.29, 0.717) is 0 Å². The van der Waals surface area contributed by atoms with Crippen molar-refractivity contribution < 1.29 is 0 Å². The Hall–Kier alpha value is -7.02. The monoisotopic (exact) mass is 722 g/mol. The van der Waals surface area contributed by atoms with E-state index in [0.717, 1.165) is 0 Å². The lowest BCUT2D eigenvalue weighted by molar-refractivity contribution is 0.661. The Balaban J connectivity index is 1.22. The largest absolute Gasteiger partial charge is 0.0622 e. The first-order valence-electron chi connectivity index (χ1n) is 20.1. The van der Waals surface area contributed by atoms with E-state index in [2.05, 4.69) is 208 Å². The fourth-order valence-corrected chi connectivity index (χ4v) is 10.5. The first-order chi connectivity index (χ1) is 28.1. The van der Waals surface area contributed by atoms with E-state index in [1.807, 2.05) is 0 Å². The summed E-state index contributed by atoms with van der Waals surface area (Å²) in [5.74, 6) is 0. The van der Waals surface area contributed by atoms with Gasteiger partial charge in [0.25, 0.3) is 0 Å². The minimum atomic E-state index is -0.111. The van der Waals surface area contributed by atoms with E-state index >= 15 is 0 Å². The van der Waals surface area contributed by atoms with Crippen LogP contribution in [0.3, 0.4) is 0 Å². The molecule has 0 spiro atoms. The van der Waals surface area contributed by atoms with Crippen molar-refractivity contribution in [1.82, 2.24) is 0 Å². The van der Waals surface area contributed by atoms with E-state index in [4.69, 9.17) is 0 Å². The first kappa shape index (κ1) is 32.2. The van der Waals surface area contributed by atoms with Gasteiger partial charge in [0.1, 0.15) is 0 Å². The van der Waals surface area contributed by atoms with Gasteiger partial charge in [-0.1, -0.05) is 196 Å². The standard InChI is InChI=1S/C57H38/c1-57(2)50-28-15-14-23-40(50)47-33-48-49(34-51(47)57)52(37-21-10-5-11-22-37)41-24-12-13-25-42(41)53(48)44-31-32-46-54-43(44)26-16-27-45(54)55-38(35-17-6-3-7-18-35)29-30-39(56(46)55)36-19-8-4-9-20-36/h3-34H,1-2H3. The third kappa shape index (κ3) is 4.50. The molecule has 0 saturated heterocycles. The zero-order chi connectivity index (χ0) is 37.8. The second-order valence-corrected chi connectivity index (χ2v) is 16.3. The fraction of sp³-hybridized carbons (Fsp3) is 0.0526. The normalized spacial score (nSPS) is 13.2. The van der Waals surface area contributed by atoms with Gasteiger partial charge in [0.05, 0.1) is 0 Å². The molecule has 0 aromatic heterocycles. The van der Waals surface area contributed by atoms with Gasteiger partial charge in [0.15, 0.2) is 0 Å². The number of rotatable bonds is 4. The van der Waals surface area contributed by atoms with Crippen LogP contribution < -0.4 is 0 Å². The van der Waals surface area contributed by atoms with Gasteiger partial charge in [-0.3, -0.25) is 0 Å². The molecule has 0 atom stereocenters. The van der Waals surface area contributed by atoms with Gasteiger partial charge in [-0.25, -0.2) is 0 Å². The van der Waals surface area contributed by atoms with E-state index in [1.54, 1.807) is 0 Å². The molecule has 0 heteroatoms. The van der Waals surface area contributed by atoms with Crippen molar-refractivity contribution in [3.8, 4) is 77.9 Å². The molecule has 0 bridgehead atoms. The van der Waals surface area contributed by atoms with Gasteiger partial charge in [0.2, 0.25) is 0 Å². The van der Waals surface area contributed by atoms with Crippen LogP contribution in [0.25, 0.3) is 110 Å². The molecule has 0 radical (unpaired) electrons. The summed E-state index contributed by atoms with van der Waals surface area (Å²) in [6.07, 6.45) is 0. The van der Waals surface area contributed by atoms with Gasteiger partial charge < -0.3 is 0 Å². The van der Waals surface area contributed by atoms with Gasteiger partial charge in [-0.2, -0.15) is 0 Å². The Labute approximate surface area is 333 Å². The van der Waals surface area contributed by atoms with Crippen molar-refractivity contribution in [3.63, 3.8) is 0 Å². The van der Waals surface area contributed by atoms with Crippen molar-refractivity contribution in [2.24, 2.45) is 0 Å². The van der Waals surface area contributed by atoms with Crippen LogP contribution in [-0.4, -0.2) is 0 Å². The predicted octanol–water partition coefficient (Wildman–Crippen LogP) is 15.8. The molecular weight excluding hydrogens is 685 g/mol. The molecule has 10 aromatic carbocycles. The molecule has 0 heterocycles. The summed E-state index contributed by atoms with van der Waals surface area (Å²) in [6.45, 7) is 4.78. The van der Waals surface area contributed by atoms with Gasteiger partial charge in [0, 0.05) is 5.41 Å². The maximum absolute atomic E-state index is 2.54. The van der Waals surface area contributed by atoms with Crippen LogP contribution in [0.2, 0.25) is 0 Å². The summed E-state index contributed by atoms with van der Waals surface area (Å²) < 4.78 is 0. The smallest absolute Gasteiger partial charge is 0.0159 e. The molecule has 266 valence electrons. The molecule has 10 aromatic rings. The number of benzene rings is 10. The molecule has 0 fully saturated rings. The lowest BCUT2D eigenvalue weighted by Gasteiger charge is -2.24. The summed E-state index contributed by atoms with van der Waals surface area (Å²) >= 11 is 0. The highest BCUT2D eigenvalue weighted by atomic mass is 14.4. The highest BCUT2D eigenvalue weighted by molar-refractivity contribution is 6.28. The molecule has 0 aliphatic heterocycles.